The van der Waals surface area contributed by atoms with Crippen LogP contribution in [0.3, 0.4) is 0 Å². The van der Waals surface area contributed by atoms with Crippen LogP contribution in [0.25, 0.3) is 0 Å². The zero-order chi connectivity index (χ0) is 17.5. The molecular formula is C19H18N2O3. The average Bonchev–Trinajstić information content (AvgIpc) is 2.57. The van der Waals surface area contributed by atoms with Gasteiger partial charge in [-0.15, -0.1) is 0 Å². The van der Waals surface area contributed by atoms with Crippen LogP contribution < -0.4 is 5.32 Å². The van der Waals surface area contributed by atoms with E-state index in [1.54, 1.807) is 26.0 Å². The van der Waals surface area contributed by atoms with Crippen molar-refractivity contribution in [1.82, 2.24) is 0 Å². The highest BCUT2D eigenvalue weighted by molar-refractivity contribution is 6.02. The van der Waals surface area contributed by atoms with E-state index in [1.165, 1.54) is 0 Å². The summed E-state index contributed by atoms with van der Waals surface area (Å²) in [7, 11) is 0. The Kier molecular flexibility index (Phi) is 5.69. The maximum atomic E-state index is 12.0. The monoisotopic (exact) mass is 322 g/mol. The fourth-order valence-corrected chi connectivity index (χ4v) is 2.33. The van der Waals surface area contributed by atoms with Crippen molar-refractivity contribution in [2.45, 2.75) is 26.9 Å². The Hall–Kier alpha value is -3.13. The molecule has 0 unspecified atom stereocenters. The van der Waals surface area contributed by atoms with Crippen molar-refractivity contribution in [3.05, 3.63) is 64.7 Å². The molecule has 5 heteroatoms. The summed E-state index contributed by atoms with van der Waals surface area (Å²) in [6.07, 6.45) is -0.355. The second-order valence-corrected chi connectivity index (χ2v) is 5.47. The number of nitrogens with zero attached hydrogens (tertiary/aromatic N) is 1. The molecular weight excluding hydrogens is 304 g/mol. The Bertz CT molecular complexity index is 769. The summed E-state index contributed by atoms with van der Waals surface area (Å²) in [6.45, 7) is 3.75. The second-order valence-electron chi connectivity index (χ2n) is 5.47. The van der Waals surface area contributed by atoms with Crippen LogP contribution in [0.15, 0.2) is 42.5 Å². The van der Waals surface area contributed by atoms with Crippen LogP contribution >= 0.6 is 0 Å². The van der Waals surface area contributed by atoms with E-state index in [-0.39, 0.29) is 13.0 Å². The predicted octanol–water partition coefficient (Wildman–Crippen LogP) is 3.25. The molecule has 0 spiro atoms. The smallest absolute Gasteiger partial charge is 0.315 e. The molecule has 122 valence electrons. The molecule has 0 aliphatic carbocycles. The molecule has 0 saturated carbocycles. The quantitative estimate of drug-likeness (QED) is 0.677. The lowest BCUT2D eigenvalue weighted by molar-refractivity contribution is -0.146. The third kappa shape index (κ3) is 4.68. The van der Waals surface area contributed by atoms with Gasteiger partial charge in [0.15, 0.2) is 0 Å². The van der Waals surface area contributed by atoms with E-state index in [1.807, 2.05) is 30.3 Å². The highest BCUT2D eigenvalue weighted by Crippen LogP contribution is 2.22. The minimum atomic E-state index is -0.583. The first kappa shape index (κ1) is 17.2. The summed E-state index contributed by atoms with van der Waals surface area (Å²) in [6, 6.07) is 14.7. The molecule has 1 N–H and O–H groups in total. The molecule has 0 aliphatic rings. The molecule has 0 saturated heterocycles. The van der Waals surface area contributed by atoms with E-state index >= 15 is 0 Å². The fraction of sp³-hybridized carbons (Fsp3) is 0.211. The first-order valence-corrected chi connectivity index (χ1v) is 7.50. The third-order valence-electron chi connectivity index (χ3n) is 3.47. The van der Waals surface area contributed by atoms with Crippen molar-refractivity contribution < 1.29 is 14.3 Å². The normalized spacial score (nSPS) is 9.88. The summed E-state index contributed by atoms with van der Waals surface area (Å²) in [5.41, 5.74) is 3.57. The molecule has 5 nitrogen and oxygen atoms in total. The van der Waals surface area contributed by atoms with Crippen LogP contribution in [-0.4, -0.2) is 11.9 Å². The Morgan fingerprint density at radius 1 is 1.12 bits per heavy atom. The summed E-state index contributed by atoms with van der Waals surface area (Å²) >= 11 is 0. The van der Waals surface area contributed by atoms with E-state index in [4.69, 9.17) is 10.00 Å². The number of nitrogens with one attached hydrogen (secondary N) is 1. The Balaban J connectivity index is 1.91. The van der Waals surface area contributed by atoms with E-state index in [9.17, 15) is 9.59 Å². The van der Waals surface area contributed by atoms with Crippen molar-refractivity contribution in [2.24, 2.45) is 0 Å². The molecule has 0 heterocycles. The van der Waals surface area contributed by atoms with Gasteiger partial charge in [0.1, 0.15) is 13.0 Å². The van der Waals surface area contributed by atoms with E-state index in [2.05, 4.69) is 11.4 Å². The lowest BCUT2D eigenvalue weighted by Gasteiger charge is -2.12. The minimum absolute atomic E-state index is 0.141. The first-order chi connectivity index (χ1) is 11.5. The molecule has 0 bridgehead atoms. The molecule has 2 aromatic carbocycles. The number of carbonyl (C=O) groups excluding carboxylic acids is 2. The first-order valence-electron chi connectivity index (χ1n) is 7.50. The number of benzene rings is 2. The topological polar surface area (TPSA) is 79.2 Å². The van der Waals surface area contributed by atoms with Gasteiger partial charge >= 0.3 is 5.97 Å². The van der Waals surface area contributed by atoms with Crippen LogP contribution in [0, 0.1) is 25.2 Å². The lowest BCUT2D eigenvalue weighted by Crippen LogP contribution is -2.19. The summed E-state index contributed by atoms with van der Waals surface area (Å²) < 4.78 is 5.09. The number of anilines is 1. The number of aryl methyl sites for hydroxylation is 2. The zero-order valence-electron chi connectivity index (χ0n) is 13.6. The standard InChI is InChI=1S/C19H18N2O3/c1-13-8-16(11-20)9-14(2)19(13)21-17(22)10-18(23)24-12-15-6-4-3-5-7-15/h3-9H,10,12H2,1-2H3,(H,21,22). The summed E-state index contributed by atoms with van der Waals surface area (Å²) in [4.78, 5) is 23.8. The number of hydrogen-bond donors (Lipinski definition) is 1. The molecule has 2 aromatic rings. The summed E-state index contributed by atoms with van der Waals surface area (Å²) in [5, 5.41) is 11.6. The van der Waals surface area contributed by atoms with Crippen LogP contribution in [0.2, 0.25) is 0 Å². The minimum Gasteiger partial charge on any atom is -0.460 e. The molecule has 0 fully saturated rings. The number of nitriles is 1. The number of rotatable bonds is 5. The van der Waals surface area contributed by atoms with Crippen molar-refractivity contribution in [3.8, 4) is 6.07 Å². The molecule has 2 rings (SSSR count). The zero-order valence-corrected chi connectivity index (χ0v) is 13.6. The number of carbonyl (C=O) groups is 2. The van der Waals surface area contributed by atoms with Gasteiger partial charge in [-0.2, -0.15) is 5.26 Å². The van der Waals surface area contributed by atoms with Gasteiger partial charge in [-0.3, -0.25) is 9.59 Å². The number of hydrogen-bond acceptors (Lipinski definition) is 4. The van der Waals surface area contributed by atoms with Crippen LogP contribution in [0.4, 0.5) is 5.69 Å². The van der Waals surface area contributed by atoms with E-state index in [0.29, 0.717) is 11.3 Å². The third-order valence-corrected chi connectivity index (χ3v) is 3.47. The molecule has 0 aliphatic heterocycles. The number of esters is 1. The summed E-state index contributed by atoms with van der Waals surface area (Å²) in [5.74, 6) is -1.02. The van der Waals surface area contributed by atoms with Crippen molar-refractivity contribution >= 4 is 17.6 Å². The number of amides is 1. The molecule has 24 heavy (non-hydrogen) atoms. The largest absolute Gasteiger partial charge is 0.460 e. The second kappa shape index (κ2) is 7.93. The predicted molar refractivity (Wildman–Crippen MR) is 90.1 cm³/mol. The number of ether oxygens (including phenoxy) is 1. The van der Waals surface area contributed by atoms with Gasteiger partial charge in [-0.05, 0) is 42.7 Å². The maximum Gasteiger partial charge on any atom is 0.315 e. The van der Waals surface area contributed by atoms with Crippen LogP contribution in [0.5, 0.6) is 0 Å². The van der Waals surface area contributed by atoms with Gasteiger partial charge in [-0.1, -0.05) is 30.3 Å². The Morgan fingerprint density at radius 3 is 2.33 bits per heavy atom. The van der Waals surface area contributed by atoms with Gasteiger partial charge < -0.3 is 10.1 Å². The van der Waals surface area contributed by atoms with Gasteiger partial charge in [-0.25, -0.2) is 0 Å². The average molecular weight is 322 g/mol. The van der Waals surface area contributed by atoms with Gasteiger partial charge in [0.05, 0.1) is 11.6 Å². The molecule has 1 amide bonds. The van der Waals surface area contributed by atoms with Gasteiger partial charge in [0.25, 0.3) is 0 Å². The van der Waals surface area contributed by atoms with Crippen molar-refractivity contribution in [2.75, 3.05) is 5.32 Å². The van der Waals surface area contributed by atoms with E-state index < -0.39 is 11.9 Å². The van der Waals surface area contributed by atoms with Crippen molar-refractivity contribution in [1.29, 1.82) is 5.26 Å². The van der Waals surface area contributed by atoms with Gasteiger partial charge in [0, 0.05) is 5.69 Å². The van der Waals surface area contributed by atoms with Crippen LogP contribution in [-0.2, 0) is 20.9 Å². The van der Waals surface area contributed by atoms with E-state index in [0.717, 1.165) is 16.7 Å². The Morgan fingerprint density at radius 2 is 1.75 bits per heavy atom. The molecule has 0 radical (unpaired) electrons. The highest BCUT2D eigenvalue weighted by Gasteiger charge is 2.14. The van der Waals surface area contributed by atoms with Gasteiger partial charge in [0.2, 0.25) is 5.91 Å². The molecule has 0 atom stereocenters. The van der Waals surface area contributed by atoms with Crippen LogP contribution in [0.1, 0.15) is 28.7 Å². The Labute approximate surface area is 140 Å². The lowest BCUT2D eigenvalue weighted by atomic mass is 10.0. The highest BCUT2D eigenvalue weighted by atomic mass is 16.5. The molecule has 0 aromatic heterocycles. The SMILES string of the molecule is Cc1cc(C#N)cc(C)c1NC(=O)CC(=O)OCc1ccccc1. The maximum absolute atomic E-state index is 12.0. The fourth-order valence-electron chi connectivity index (χ4n) is 2.33. The van der Waals surface area contributed by atoms with Crippen molar-refractivity contribution in [3.63, 3.8) is 0 Å².